The van der Waals surface area contributed by atoms with E-state index in [1.807, 2.05) is 0 Å². The summed E-state index contributed by atoms with van der Waals surface area (Å²) in [5.41, 5.74) is 19.5. The maximum absolute atomic E-state index is 3.55. The van der Waals surface area contributed by atoms with E-state index < -0.39 is 32.3 Å². The Balaban J connectivity index is 3.56. The van der Waals surface area contributed by atoms with E-state index in [9.17, 15) is 0 Å². The number of benzene rings is 1. The van der Waals surface area contributed by atoms with Crippen LogP contribution in [-0.4, -0.2) is 32.3 Å². The van der Waals surface area contributed by atoms with Gasteiger partial charge in [0.05, 0.1) is 0 Å². The molecule has 34 heavy (non-hydrogen) atoms. The number of hydrogen-bond donors (Lipinski definition) is 0. The summed E-state index contributed by atoms with van der Waals surface area (Å²) in [6.07, 6.45) is 3.18. The fourth-order valence-electron chi connectivity index (χ4n) is 3.07. The van der Waals surface area contributed by atoms with Crippen molar-refractivity contribution in [2.45, 2.75) is 104 Å². The topological polar surface area (TPSA) is 0 Å². The highest BCUT2D eigenvalue weighted by molar-refractivity contribution is 6.85. The highest BCUT2D eigenvalue weighted by atomic mass is 28.3. The fourth-order valence-corrected chi connectivity index (χ4v) is 5.54. The fraction of sp³-hybridized carbons (Fsp3) is 0.533. The molecular formula is C30H46Si4. The summed E-state index contributed by atoms with van der Waals surface area (Å²) in [5, 5.41) is 0. The average Bonchev–Trinajstić information content (AvgIpc) is 2.60. The standard InChI is InChI=1S/C30H46Si4/c1-31(2,3)21-13-17-27-25-29(19-15-23-33(7,8)9)30(20-16-24-34(10,11)12)26-28(27)18-14-22-32(4,5)6/h25-26H,17-20H2,1-12H3. The Hall–Kier alpha value is -1.67. The van der Waals surface area contributed by atoms with Crippen LogP contribution in [0.3, 0.4) is 0 Å². The zero-order chi connectivity index (χ0) is 26.2. The van der Waals surface area contributed by atoms with Gasteiger partial charge in [-0.3, -0.25) is 0 Å². The summed E-state index contributed by atoms with van der Waals surface area (Å²) in [6, 6.07) is 4.74. The molecule has 0 bridgehead atoms. The first-order chi connectivity index (χ1) is 15.3. The minimum Gasteiger partial charge on any atom is -0.132 e. The highest BCUT2D eigenvalue weighted by Gasteiger charge is 2.13. The van der Waals surface area contributed by atoms with Gasteiger partial charge in [-0.15, -0.1) is 45.9 Å². The van der Waals surface area contributed by atoms with Crippen LogP contribution in [0.15, 0.2) is 12.1 Å². The van der Waals surface area contributed by atoms with Gasteiger partial charge in [-0.1, -0.05) is 90.7 Å². The van der Waals surface area contributed by atoms with Gasteiger partial charge in [0.1, 0.15) is 32.3 Å². The first-order valence-corrected chi connectivity index (χ1v) is 26.5. The molecule has 182 valence electrons. The lowest BCUT2D eigenvalue weighted by Gasteiger charge is -2.13. The van der Waals surface area contributed by atoms with Gasteiger partial charge in [0.25, 0.3) is 0 Å². The molecule has 4 heteroatoms. The molecule has 0 spiro atoms. The van der Waals surface area contributed by atoms with Crippen molar-refractivity contribution in [1.82, 2.24) is 0 Å². The molecule has 0 fully saturated rings. The molecule has 0 amide bonds. The summed E-state index contributed by atoms with van der Waals surface area (Å²) in [4.78, 5) is 0. The quantitative estimate of drug-likeness (QED) is 0.288. The van der Waals surface area contributed by atoms with Gasteiger partial charge in [-0.05, 0) is 22.3 Å². The zero-order valence-electron chi connectivity index (χ0n) is 24.0. The normalized spacial score (nSPS) is 11.6. The molecule has 0 saturated heterocycles. The molecule has 0 nitrogen and oxygen atoms in total. The predicted octanol–water partition coefficient (Wildman–Crippen LogP) is 7.38. The van der Waals surface area contributed by atoms with Crippen molar-refractivity contribution >= 4 is 32.3 Å². The third-order valence-corrected chi connectivity index (χ3v) is 8.20. The summed E-state index contributed by atoms with van der Waals surface area (Å²) in [6.45, 7) is 27.6. The molecule has 0 heterocycles. The van der Waals surface area contributed by atoms with Crippen molar-refractivity contribution in [1.29, 1.82) is 0 Å². The van der Waals surface area contributed by atoms with Crippen LogP contribution in [0.2, 0.25) is 78.6 Å². The van der Waals surface area contributed by atoms with Crippen molar-refractivity contribution in [2.24, 2.45) is 0 Å². The van der Waals surface area contributed by atoms with Crippen LogP contribution in [0.1, 0.15) is 22.3 Å². The first-order valence-electron chi connectivity index (χ1n) is 12.5. The number of rotatable bonds is 4. The first kappa shape index (κ1) is 30.4. The Morgan fingerprint density at radius 2 is 0.559 bits per heavy atom. The highest BCUT2D eigenvalue weighted by Crippen LogP contribution is 2.20. The van der Waals surface area contributed by atoms with E-state index in [1.165, 1.54) is 22.3 Å². The van der Waals surface area contributed by atoms with Crippen LogP contribution in [0, 0.1) is 45.9 Å². The average molecular weight is 519 g/mol. The van der Waals surface area contributed by atoms with Crippen LogP contribution in [0.5, 0.6) is 0 Å². The van der Waals surface area contributed by atoms with E-state index in [2.05, 4.69) is 137 Å². The van der Waals surface area contributed by atoms with Crippen molar-refractivity contribution in [3.63, 3.8) is 0 Å². The summed E-state index contributed by atoms with van der Waals surface area (Å²) >= 11 is 0. The molecule has 1 aromatic rings. The van der Waals surface area contributed by atoms with Crippen LogP contribution in [0.4, 0.5) is 0 Å². The third kappa shape index (κ3) is 14.6. The van der Waals surface area contributed by atoms with E-state index >= 15 is 0 Å². The monoisotopic (exact) mass is 518 g/mol. The molecule has 1 aromatic carbocycles. The molecule has 0 aliphatic rings. The molecule has 0 saturated carbocycles. The Labute approximate surface area is 216 Å². The second-order valence-corrected chi connectivity index (χ2v) is 32.3. The van der Waals surface area contributed by atoms with Crippen molar-refractivity contribution < 1.29 is 0 Å². The lowest BCUT2D eigenvalue weighted by atomic mass is 9.92. The lowest BCUT2D eigenvalue weighted by Crippen LogP contribution is -2.17. The molecular weight excluding hydrogens is 473 g/mol. The van der Waals surface area contributed by atoms with Gasteiger partial charge in [-0.25, -0.2) is 0 Å². The van der Waals surface area contributed by atoms with E-state index in [4.69, 9.17) is 0 Å². The largest absolute Gasteiger partial charge is 0.132 e. The van der Waals surface area contributed by atoms with Gasteiger partial charge >= 0.3 is 0 Å². The second kappa shape index (κ2) is 12.3. The molecule has 1 rings (SSSR count). The Morgan fingerprint density at radius 3 is 0.706 bits per heavy atom. The summed E-state index contributed by atoms with van der Waals surface area (Å²) in [7, 11) is -5.59. The second-order valence-electron chi connectivity index (χ2n) is 13.3. The van der Waals surface area contributed by atoms with Crippen LogP contribution in [-0.2, 0) is 25.7 Å². The van der Waals surface area contributed by atoms with Gasteiger partial charge in [0.15, 0.2) is 0 Å². The van der Waals surface area contributed by atoms with Gasteiger partial charge in [0, 0.05) is 25.7 Å². The van der Waals surface area contributed by atoms with Gasteiger partial charge in [-0.2, -0.15) is 0 Å². The number of hydrogen-bond acceptors (Lipinski definition) is 0. The van der Waals surface area contributed by atoms with Crippen LogP contribution < -0.4 is 0 Å². The molecule has 0 aromatic heterocycles. The Bertz CT molecular complexity index is 921. The molecule has 0 aliphatic carbocycles. The van der Waals surface area contributed by atoms with Crippen molar-refractivity contribution in [3.05, 3.63) is 34.4 Å². The van der Waals surface area contributed by atoms with Crippen molar-refractivity contribution in [2.75, 3.05) is 0 Å². The smallest absolute Gasteiger partial charge is 0.129 e. The third-order valence-electron chi connectivity index (χ3n) is 4.49. The zero-order valence-corrected chi connectivity index (χ0v) is 28.0. The van der Waals surface area contributed by atoms with E-state index in [0.717, 1.165) is 25.7 Å². The summed E-state index contributed by atoms with van der Waals surface area (Å²) in [5.74, 6) is 14.0. The van der Waals surface area contributed by atoms with E-state index in [1.54, 1.807) is 0 Å². The maximum Gasteiger partial charge on any atom is 0.129 e. The van der Waals surface area contributed by atoms with Gasteiger partial charge in [0.2, 0.25) is 0 Å². The molecule has 0 atom stereocenters. The maximum atomic E-state index is 3.55. The van der Waals surface area contributed by atoms with Crippen LogP contribution >= 0.6 is 0 Å². The van der Waals surface area contributed by atoms with Gasteiger partial charge < -0.3 is 0 Å². The van der Waals surface area contributed by atoms with E-state index in [-0.39, 0.29) is 0 Å². The predicted molar refractivity (Wildman–Crippen MR) is 166 cm³/mol. The Morgan fingerprint density at radius 1 is 0.382 bits per heavy atom. The Kier molecular flexibility index (Phi) is 11.0. The molecule has 0 aliphatic heterocycles. The van der Waals surface area contributed by atoms with Crippen molar-refractivity contribution in [3.8, 4) is 45.9 Å². The summed E-state index contributed by atoms with van der Waals surface area (Å²) < 4.78 is 0. The lowest BCUT2D eigenvalue weighted by molar-refractivity contribution is 1.11. The minimum atomic E-state index is -1.40. The van der Waals surface area contributed by atoms with E-state index in [0.29, 0.717) is 0 Å². The minimum absolute atomic E-state index is 0.795. The molecule has 0 N–H and O–H groups in total. The molecule has 0 unspecified atom stereocenters. The van der Waals surface area contributed by atoms with Crippen LogP contribution in [0.25, 0.3) is 0 Å². The SMILES string of the molecule is C[Si](C)(C)C#CCc1cc(CC#C[Si](C)(C)C)c(CC#C[Si](C)(C)C)cc1CC#C[Si](C)(C)C. The molecule has 0 radical (unpaired) electrons.